The third-order valence-corrected chi connectivity index (χ3v) is 3.65. The van der Waals surface area contributed by atoms with Crippen molar-refractivity contribution in [2.45, 2.75) is 32.6 Å². The van der Waals surface area contributed by atoms with E-state index in [9.17, 15) is 4.39 Å². The van der Waals surface area contributed by atoms with Gasteiger partial charge in [-0.1, -0.05) is 32.9 Å². The standard InChI is InChI=1S/C14H17FN2S/c1-14(2,3)11-8-18-12(17-11)7-9-5-4-6-10(15)13(9)16/h4-6,8H,7,16H2,1-3H3. The maximum Gasteiger partial charge on any atom is 0.146 e. The summed E-state index contributed by atoms with van der Waals surface area (Å²) in [5.74, 6) is -0.361. The summed E-state index contributed by atoms with van der Waals surface area (Å²) in [6.07, 6.45) is 0.588. The maximum atomic E-state index is 13.3. The van der Waals surface area contributed by atoms with Crippen molar-refractivity contribution in [1.82, 2.24) is 4.98 Å². The molecule has 0 spiro atoms. The fraction of sp³-hybridized carbons (Fsp3) is 0.357. The number of nitrogen functional groups attached to an aromatic ring is 1. The first-order valence-corrected chi connectivity index (χ1v) is 6.73. The van der Waals surface area contributed by atoms with E-state index < -0.39 is 0 Å². The Morgan fingerprint density at radius 1 is 1.33 bits per heavy atom. The van der Waals surface area contributed by atoms with E-state index in [1.54, 1.807) is 17.4 Å². The summed E-state index contributed by atoms with van der Waals surface area (Å²) < 4.78 is 13.3. The molecule has 0 aliphatic heterocycles. The molecule has 0 saturated heterocycles. The number of anilines is 1. The van der Waals surface area contributed by atoms with E-state index in [2.05, 4.69) is 31.1 Å². The van der Waals surface area contributed by atoms with Gasteiger partial charge in [0.1, 0.15) is 5.82 Å². The van der Waals surface area contributed by atoms with Crippen molar-refractivity contribution in [3.05, 3.63) is 45.7 Å². The number of para-hydroxylation sites is 1. The van der Waals surface area contributed by atoms with Crippen LogP contribution in [0.4, 0.5) is 10.1 Å². The Hall–Kier alpha value is -1.42. The van der Waals surface area contributed by atoms with E-state index in [0.29, 0.717) is 6.42 Å². The highest BCUT2D eigenvalue weighted by molar-refractivity contribution is 7.09. The lowest BCUT2D eigenvalue weighted by Gasteiger charge is -2.14. The van der Waals surface area contributed by atoms with Crippen LogP contribution in [0.5, 0.6) is 0 Å². The third kappa shape index (κ3) is 2.70. The minimum absolute atomic E-state index is 0.0439. The normalized spacial score (nSPS) is 11.8. The van der Waals surface area contributed by atoms with E-state index in [1.807, 2.05) is 6.07 Å². The smallest absolute Gasteiger partial charge is 0.146 e. The lowest BCUT2D eigenvalue weighted by Crippen LogP contribution is -2.11. The second-order valence-electron chi connectivity index (χ2n) is 5.37. The van der Waals surface area contributed by atoms with Gasteiger partial charge in [0.05, 0.1) is 16.4 Å². The van der Waals surface area contributed by atoms with Gasteiger partial charge in [-0.2, -0.15) is 0 Å². The number of hydrogen-bond acceptors (Lipinski definition) is 3. The number of rotatable bonds is 2. The van der Waals surface area contributed by atoms with Crippen LogP contribution in [0.25, 0.3) is 0 Å². The number of halogens is 1. The molecule has 2 aromatic rings. The molecule has 2 rings (SSSR count). The molecule has 0 bridgehead atoms. The number of thiazole rings is 1. The Labute approximate surface area is 111 Å². The summed E-state index contributed by atoms with van der Waals surface area (Å²) in [6, 6.07) is 4.90. The first kappa shape index (κ1) is 13.0. The molecule has 1 aromatic heterocycles. The predicted octanol–water partition coefficient (Wildman–Crippen LogP) is 3.75. The van der Waals surface area contributed by atoms with Crippen molar-refractivity contribution in [2.24, 2.45) is 0 Å². The summed E-state index contributed by atoms with van der Waals surface area (Å²) in [4.78, 5) is 4.59. The van der Waals surface area contributed by atoms with Gasteiger partial charge in [-0.15, -0.1) is 11.3 Å². The monoisotopic (exact) mass is 264 g/mol. The van der Waals surface area contributed by atoms with Crippen LogP contribution in [0.3, 0.4) is 0 Å². The summed E-state index contributed by atoms with van der Waals surface area (Å²) in [5.41, 5.74) is 7.86. The molecule has 4 heteroatoms. The summed E-state index contributed by atoms with van der Waals surface area (Å²) in [7, 11) is 0. The molecule has 96 valence electrons. The quantitative estimate of drug-likeness (QED) is 0.839. The molecule has 0 saturated carbocycles. The SMILES string of the molecule is CC(C)(C)c1csc(Cc2cccc(F)c2N)n1. The molecule has 1 aromatic carbocycles. The minimum Gasteiger partial charge on any atom is -0.396 e. The number of nitrogens with zero attached hydrogens (tertiary/aromatic N) is 1. The van der Waals surface area contributed by atoms with E-state index in [1.165, 1.54) is 6.07 Å². The Bertz CT molecular complexity index is 555. The van der Waals surface area contributed by atoms with Crippen LogP contribution in [0.1, 0.15) is 37.0 Å². The van der Waals surface area contributed by atoms with E-state index in [-0.39, 0.29) is 16.9 Å². The topological polar surface area (TPSA) is 38.9 Å². The average Bonchev–Trinajstić information content (AvgIpc) is 2.73. The second-order valence-corrected chi connectivity index (χ2v) is 6.31. The van der Waals surface area contributed by atoms with Gasteiger partial charge < -0.3 is 5.73 Å². The fourth-order valence-corrected chi connectivity index (χ4v) is 2.68. The molecule has 0 amide bonds. The molecule has 2 N–H and O–H groups in total. The number of aromatic nitrogens is 1. The molecule has 0 aliphatic carbocycles. The van der Waals surface area contributed by atoms with Crippen LogP contribution < -0.4 is 5.73 Å². The van der Waals surface area contributed by atoms with Gasteiger partial charge in [0.15, 0.2) is 0 Å². The third-order valence-electron chi connectivity index (χ3n) is 2.81. The maximum absolute atomic E-state index is 13.3. The number of hydrogen-bond donors (Lipinski definition) is 1. The van der Waals surface area contributed by atoms with Gasteiger partial charge in [-0.25, -0.2) is 9.37 Å². The average molecular weight is 264 g/mol. The Balaban J connectivity index is 2.24. The van der Waals surface area contributed by atoms with Crippen molar-refractivity contribution < 1.29 is 4.39 Å². The van der Waals surface area contributed by atoms with Gasteiger partial charge in [0, 0.05) is 17.2 Å². The largest absolute Gasteiger partial charge is 0.396 e. The van der Waals surface area contributed by atoms with Crippen LogP contribution in [0, 0.1) is 5.82 Å². The zero-order chi connectivity index (χ0) is 13.3. The molecule has 0 aliphatic rings. The molecular weight excluding hydrogens is 247 g/mol. The highest BCUT2D eigenvalue weighted by Gasteiger charge is 2.17. The molecule has 0 radical (unpaired) electrons. The van der Waals surface area contributed by atoms with Crippen LogP contribution in [0.15, 0.2) is 23.6 Å². The predicted molar refractivity (Wildman–Crippen MR) is 74.4 cm³/mol. The van der Waals surface area contributed by atoms with Gasteiger partial charge in [-0.3, -0.25) is 0 Å². The summed E-state index contributed by atoms with van der Waals surface area (Å²) >= 11 is 1.60. The van der Waals surface area contributed by atoms with Crippen molar-refractivity contribution in [2.75, 3.05) is 5.73 Å². The first-order valence-electron chi connectivity index (χ1n) is 5.85. The highest BCUT2D eigenvalue weighted by Crippen LogP contribution is 2.26. The second kappa shape index (κ2) is 4.69. The van der Waals surface area contributed by atoms with Crippen molar-refractivity contribution in [3.63, 3.8) is 0 Å². The molecule has 0 fully saturated rings. The Morgan fingerprint density at radius 2 is 2.06 bits per heavy atom. The summed E-state index contributed by atoms with van der Waals surface area (Å²) in [5, 5.41) is 3.03. The lowest BCUT2D eigenvalue weighted by atomic mass is 9.93. The molecule has 18 heavy (non-hydrogen) atoms. The zero-order valence-electron chi connectivity index (χ0n) is 10.8. The van der Waals surface area contributed by atoms with Crippen LogP contribution in [-0.2, 0) is 11.8 Å². The van der Waals surface area contributed by atoms with Gasteiger partial charge in [0.25, 0.3) is 0 Å². The van der Waals surface area contributed by atoms with Crippen molar-refractivity contribution in [1.29, 1.82) is 0 Å². The Kier molecular flexibility index (Phi) is 3.39. The molecule has 0 unspecified atom stereocenters. The van der Waals surface area contributed by atoms with Gasteiger partial charge >= 0.3 is 0 Å². The van der Waals surface area contributed by atoms with E-state index in [4.69, 9.17) is 5.73 Å². The minimum atomic E-state index is -0.361. The van der Waals surface area contributed by atoms with E-state index >= 15 is 0 Å². The number of benzene rings is 1. The van der Waals surface area contributed by atoms with Crippen LogP contribution >= 0.6 is 11.3 Å². The van der Waals surface area contributed by atoms with Crippen LogP contribution in [0.2, 0.25) is 0 Å². The van der Waals surface area contributed by atoms with Gasteiger partial charge in [-0.05, 0) is 11.6 Å². The van der Waals surface area contributed by atoms with E-state index in [0.717, 1.165) is 16.3 Å². The number of nitrogens with two attached hydrogens (primary N) is 1. The first-order chi connectivity index (χ1) is 8.38. The lowest BCUT2D eigenvalue weighted by molar-refractivity contribution is 0.571. The van der Waals surface area contributed by atoms with Crippen LogP contribution in [-0.4, -0.2) is 4.98 Å². The fourth-order valence-electron chi connectivity index (χ4n) is 1.64. The zero-order valence-corrected chi connectivity index (χ0v) is 11.6. The Morgan fingerprint density at radius 3 is 2.67 bits per heavy atom. The van der Waals surface area contributed by atoms with Crippen molar-refractivity contribution in [3.8, 4) is 0 Å². The summed E-state index contributed by atoms with van der Waals surface area (Å²) in [6.45, 7) is 6.38. The van der Waals surface area contributed by atoms with Gasteiger partial charge in [0.2, 0.25) is 0 Å². The highest BCUT2D eigenvalue weighted by atomic mass is 32.1. The molecular formula is C14H17FN2S. The van der Waals surface area contributed by atoms with Crippen molar-refractivity contribution >= 4 is 17.0 Å². The molecule has 0 atom stereocenters. The molecule has 1 heterocycles. The molecule has 2 nitrogen and oxygen atoms in total.